The van der Waals surface area contributed by atoms with Gasteiger partial charge in [-0.15, -0.1) is 10.2 Å². The molecule has 3 rings (SSSR count). The molecule has 18 heavy (non-hydrogen) atoms. The third-order valence-corrected chi connectivity index (χ3v) is 1.90. The lowest BCUT2D eigenvalue weighted by atomic mass is 10.4. The van der Waals surface area contributed by atoms with Gasteiger partial charge in [-0.3, -0.25) is 10.2 Å². The van der Waals surface area contributed by atoms with E-state index in [0.29, 0.717) is 11.6 Å². The first-order valence-corrected chi connectivity index (χ1v) is 5.35. The largest absolute Gasteiger partial charge is 0.260 e. The fraction of sp³-hybridized carbons (Fsp3) is 0. The number of azo groups is 1. The first-order valence-electron chi connectivity index (χ1n) is 5.35. The van der Waals surface area contributed by atoms with Crippen LogP contribution in [0.2, 0.25) is 0 Å². The van der Waals surface area contributed by atoms with Gasteiger partial charge in [0, 0.05) is 12.1 Å². The van der Waals surface area contributed by atoms with E-state index in [-0.39, 0.29) is 0 Å². The Balaban J connectivity index is 0.000000169. The second-order valence-corrected chi connectivity index (χ2v) is 3.24. The highest BCUT2D eigenvalue weighted by Gasteiger charge is 1.89. The van der Waals surface area contributed by atoms with Crippen LogP contribution in [0.5, 0.6) is 0 Å². The molecule has 0 spiro atoms. The van der Waals surface area contributed by atoms with Crippen LogP contribution in [0.4, 0.5) is 11.6 Å². The van der Waals surface area contributed by atoms with Crippen molar-refractivity contribution in [1.29, 1.82) is 0 Å². The predicted molar refractivity (Wildman–Crippen MR) is 67.8 cm³/mol. The summed E-state index contributed by atoms with van der Waals surface area (Å²) >= 11 is 0. The van der Waals surface area contributed by atoms with Crippen molar-refractivity contribution in [3.05, 3.63) is 60.9 Å². The summed E-state index contributed by atoms with van der Waals surface area (Å²) in [5, 5.41) is 20.4. The van der Waals surface area contributed by atoms with Crippen molar-refractivity contribution in [3.63, 3.8) is 0 Å². The molecular weight excluding hydrogens is 228 g/mol. The lowest BCUT2D eigenvalue weighted by molar-refractivity contribution is 1.02. The minimum atomic E-state index is 0.615. The summed E-state index contributed by atoms with van der Waals surface area (Å²) in [6, 6.07) is 15.4. The normalized spacial score (nSPS) is 10.0. The number of rotatable bonds is 2. The fourth-order valence-electron chi connectivity index (χ4n) is 1.10. The molecule has 2 aromatic heterocycles. The van der Waals surface area contributed by atoms with Gasteiger partial charge in [-0.2, -0.15) is 10.2 Å². The van der Waals surface area contributed by atoms with Crippen LogP contribution in [-0.4, -0.2) is 20.4 Å². The Hall–Kier alpha value is -2.76. The number of hydrogen-bond acceptors (Lipinski definition) is 4. The van der Waals surface area contributed by atoms with Crippen LogP contribution in [0.15, 0.2) is 71.2 Å². The molecule has 0 radical (unpaired) electrons. The quantitative estimate of drug-likeness (QED) is 0.674. The smallest absolute Gasteiger partial charge is 0.170 e. The molecule has 2 N–H and O–H groups in total. The molecule has 0 aliphatic carbocycles. The van der Waals surface area contributed by atoms with Crippen LogP contribution in [0.3, 0.4) is 0 Å². The van der Waals surface area contributed by atoms with E-state index in [9.17, 15) is 0 Å². The van der Waals surface area contributed by atoms with Crippen molar-refractivity contribution in [1.82, 2.24) is 20.4 Å². The number of aromatic amines is 2. The second kappa shape index (κ2) is 6.74. The first kappa shape index (κ1) is 11.7. The third-order valence-electron chi connectivity index (χ3n) is 1.90. The van der Waals surface area contributed by atoms with Gasteiger partial charge in [0.15, 0.2) is 11.6 Å². The van der Waals surface area contributed by atoms with Gasteiger partial charge in [0.2, 0.25) is 0 Å². The molecule has 2 heterocycles. The highest BCUT2D eigenvalue weighted by atomic mass is 15.3. The Kier molecular flexibility index (Phi) is 4.39. The van der Waals surface area contributed by atoms with E-state index in [1.165, 1.54) is 0 Å². The van der Waals surface area contributed by atoms with Crippen LogP contribution in [0.25, 0.3) is 0 Å². The van der Waals surface area contributed by atoms with Gasteiger partial charge in [-0.25, -0.2) is 0 Å². The maximum Gasteiger partial charge on any atom is 0.170 e. The molecule has 0 aliphatic rings. The zero-order chi connectivity index (χ0) is 12.5. The van der Waals surface area contributed by atoms with Crippen LogP contribution in [0, 0.1) is 0 Å². The molecule has 0 atom stereocenters. The van der Waals surface area contributed by atoms with Crippen molar-refractivity contribution in [2.24, 2.45) is 10.2 Å². The van der Waals surface area contributed by atoms with E-state index in [1.807, 2.05) is 36.4 Å². The van der Waals surface area contributed by atoms with E-state index < -0.39 is 0 Å². The summed E-state index contributed by atoms with van der Waals surface area (Å²) in [5.41, 5.74) is 0. The summed E-state index contributed by atoms with van der Waals surface area (Å²) in [7, 11) is 0. The predicted octanol–water partition coefficient (Wildman–Crippen LogP) is 3.23. The van der Waals surface area contributed by atoms with Gasteiger partial charge >= 0.3 is 0 Å². The lowest BCUT2D eigenvalue weighted by Crippen LogP contribution is -1.64. The number of nitrogens with one attached hydrogen (secondary N) is 2. The minimum Gasteiger partial charge on any atom is -0.260 e. The Labute approximate surface area is 104 Å². The highest BCUT2D eigenvalue weighted by molar-refractivity contribution is 5.26. The Morgan fingerprint density at radius 3 is 1.33 bits per heavy atom. The molecule has 0 unspecified atom stereocenters. The average molecular weight is 240 g/mol. The summed E-state index contributed by atoms with van der Waals surface area (Å²) < 4.78 is 0. The van der Waals surface area contributed by atoms with Gasteiger partial charge in [0.1, 0.15) is 0 Å². The van der Waals surface area contributed by atoms with Gasteiger partial charge < -0.3 is 0 Å². The molecule has 90 valence electrons. The molecule has 1 aromatic carbocycles. The standard InChI is InChI=1S/C6H6N6.C6H6/c1-3-7-9-5(1)11-12-6-2-4-8-10-6;1-2-4-6-5-3-1/h1-4H,(H,7,9)(H,8,10);1-6H. The Morgan fingerprint density at radius 2 is 1.06 bits per heavy atom. The minimum absolute atomic E-state index is 0.615. The number of H-pyrrole nitrogens is 2. The Morgan fingerprint density at radius 1 is 0.667 bits per heavy atom. The van der Waals surface area contributed by atoms with Crippen LogP contribution in [0.1, 0.15) is 0 Å². The third kappa shape index (κ3) is 4.01. The summed E-state index contributed by atoms with van der Waals surface area (Å²) in [4.78, 5) is 0. The van der Waals surface area contributed by atoms with Crippen molar-refractivity contribution >= 4 is 11.6 Å². The molecular formula is C12H12N6. The zero-order valence-corrected chi connectivity index (χ0v) is 9.56. The highest BCUT2D eigenvalue weighted by Crippen LogP contribution is 2.11. The van der Waals surface area contributed by atoms with E-state index in [4.69, 9.17) is 0 Å². The van der Waals surface area contributed by atoms with Gasteiger partial charge in [0.05, 0.1) is 12.4 Å². The van der Waals surface area contributed by atoms with Gasteiger partial charge in [0.25, 0.3) is 0 Å². The maximum atomic E-state index is 3.84. The monoisotopic (exact) mass is 240 g/mol. The van der Waals surface area contributed by atoms with Crippen molar-refractivity contribution in [2.45, 2.75) is 0 Å². The summed E-state index contributed by atoms with van der Waals surface area (Å²) in [6.07, 6.45) is 3.22. The SMILES string of the molecule is c1cc(N=Nc2ccn[nH]2)[nH]n1.c1ccccc1. The maximum absolute atomic E-state index is 3.84. The van der Waals surface area contributed by atoms with Crippen molar-refractivity contribution in [3.8, 4) is 0 Å². The van der Waals surface area contributed by atoms with Crippen LogP contribution in [-0.2, 0) is 0 Å². The zero-order valence-electron chi connectivity index (χ0n) is 9.56. The topological polar surface area (TPSA) is 82.1 Å². The molecule has 0 fully saturated rings. The number of aromatic nitrogens is 4. The van der Waals surface area contributed by atoms with Crippen LogP contribution >= 0.6 is 0 Å². The van der Waals surface area contributed by atoms with E-state index in [0.717, 1.165) is 0 Å². The first-order chi connectivity index (χ1) is 8.95. The van der Waals surface area contributed by atoms with Crippen molar-refractivity contribution in [2.75, 3.05) is 0 Å². The molecule has 6 nitrogen and oxygen atoms in total. The van der Waals surface area contributed by atoms with Crippen molar-refractivity contribution < 1.29 is 0 Å². The van der Waals surface area contributed by atoms with E-state index in [2.05, 4.69) is 30.6 Å². The number of hydrogen-bond donors (Lipinski definition) is 2. The van der Waals surface area contributed by atoms with Gasteiger partial charge in [-0.1, -0.05) is 36.4 Å². The summed E-state index contributed by atoms with van der Waals surface area (Å²) in [5.74, 6) is 1.23. The lowest BCUT2D eigenvalue weighted by Gasteiger charge is -1.81. The second-order valence-electron chi connectivity index (χ2n) is 3.24. The van der Waals surface area contributed by atoms with E-state index in [1.54, 1.807) is 24.5 Å². The molecule has 6 heteroatoms. The van der Waals surface area contributed by atoms with E-state index >= 15 is 0 Å². The molecule has 0 saturated carbocycles. The number of nitrogens with zero attached hydrogens (tertiary/aromatic N) is 4. The average Bonchev–Trinajstić information content (AvgIpc) is 3.13. The molecule has 0 amide bonds. The molecule has 0 saturated heterocycles. The van der Waals surface area contributed by atoms with Crippen LogP contribution < -0.4 is 0 Å². The van der Waals surface area contributed by atoms with Gasteiger partial charge in [-0.05, 0) is 0 Å². The molecule has 3 aromatic rings. The Bertz CT molecular complexity index is 479. The molecule has 0 aliphatic heterocycles. The number of benzene rings is 1. The fourth-order valence-corrected chi connectivity index (χ4v) is 1.10. The molecule has 0 bridgehead atoms. The summed E-state index contributed by atoms with van der Waals surface area (Å²) in [6.45, 7) is 0.